The minimum atomic E-state index is -0.465. The Hall–Kier alpha value is -1.80. The summed E-state index contributed by atoms with van der Waals surface area (Å²) in [7, 11) is 0. The van der Waals surface area contributed by atoms with Gasteiger partial charge in [-0.1, -0.05) is 24.6 Å². The molecule has 0 unspecified atom stereocenters. The molecule has 1 saturated heterocycles. The third-order valence-corrected chi connectivity index (χ3v) is 4.47. The van der Waals surface area contributed by atoms with Crippen molar-refractivity contribution < 1.29 is 45.6 Å². The molecular weight excluding hydrogens is 402 g/mol. The number of amides is 1. The van der Waals surface area contributed by atoms with E-state index in [1.54, 1.807) is 12.1 Å². The van der Waals surface area contributed by atoms with E-state index in [1.165, 1.54) is 6.42 Å². The molecule has 0 aromatic heterocycles. The van der Waals surface area contributed by atoms with Crippen LogP contribution in [0.5, 0.6) is 5.75 Å². The molecule has 7 nitrogen and oxygen atoms in total. The van der Waals surface area contributed by atoms with Gasteiger partial charge in [0, 0.05) is 17.4 Å². The van der Waals surface area contributed by atoms with E-state index >= 15 is 0 Å². The van der Waals surface area contributed by atoms with Crippen LogP contribution < -0.4 is 4.74 Å². The van der Waals surface area contributed by atoms with E-state index in [1.807, 2.05) is 36.9 Å². The van der Waals surface area contributed by atoms with Crippen LogP contribution in [0.2, 0.25) is 0 Å². The van der Waals surface area contributed by atoms with Crippen LogP contribution in [0.25, 0.3) is 0 Å². The normalized spacial score (nSPS) is 17.6. The zero-order valence-corrected chi connectivity index (χ0v) is 17.2. The monoisotopic (exact) mass is 425 g/mol. The number of hydrogen-bond donors (Lipinski definition) is 0. The molecule has 1 aliphatic carbocycles. The Morgan fingerprint density at radius 2 is 1.50 bits per heavy atom. The summed E-state index contributed by atoms with van der Waals surface area (Å²) < 4.78 is 34.2. The number of nitrogens with zero attached hydrogens (tertiary/aromatic N) is 1. The smallest absolute Gasteiger partial charge is 0 e. The van der Waals surface area contributed by atoms with Gasteiger partial charge in [0.15, 0.2) is 0 Å². The fraction of sp³-hybridized carbons (Fsp3) is 0.500. The minimum Gasteiger partial charge on any atom is 0 e. The van der Waals surface area contributed by atoms with Crippen LogP contribution in [0.15, 0.2) is 30.3 Å². The molecule has 1 amide bonds. The molecule has 1 heterocycles. The van der Waals surface area contributed by atoms with Crippen molar-refractivity contribution in [2.24, 2.45) is 0 Å². The summed E-state index contributed by atoms with van der Waals surface area (Å²) in [5.74, 6) is 0.580. The molecule has 0 atom stereocenters. The Balaban J connectivity index is 0. The van der Waals surface area contributed by atoms with Crippen LogP contribution in [0.3, 0.4) is 0 Å². The second-order valence-corrected chi connectivity index (χ2v) is 6.62. The van der Waals surface area contributed by atoms with Gasteiger partial charge < -0.3 is 9.47 Å². The molecule has 0 radical (unpaired) electrons. The minimum absolute atomic E-state index is 0. The zero-order valence-electron chi connectivity index (χ0n) is 15.9. The summed E-state index contributed by atoms with van der Waals surface area (Å²) in [6.45, 7) is 18.2. The molecule has 1 saturated carbocycles. The average Bonchev–Trinajstić information content (AvgIpc) is 2.98. The number of rotatable bonds is 1. The Kier molecular flexibility index (Phi) is 14.4. The number of carbonyl (C=O) groups excluding carboxylic acids is 1. The van der Waals surface area contributed by atoms with Gasteiger partial charge in [0.05, 0.1) is 12.1 Å². The van der Waals surface area contributed by atoms with Gasteiger partial charge in [-0.15, -0.1) is 0 Å². The Labute approximate surface area is 176 Å². The molecule has 2 aliphatic rings. The molecule has 28 heavy (non-hydrogen) atoms. The quantitative estimate of drug-likeness (QED) is 0.505. The molecule has 8 heteroatoms. The molecule has 0 N–H and O–H groups in total. The van der Waals surface area contributed by atoms with E-state index in [0.29, 0.717) is 12.4 Å². The molecule has 3 rings (SSSR count). The summed E-state index contributed by atoms with van der Waals surface area (Å²) in [5, 5.41) is 0. The molecule has 1 aromatic carbocycles. The molecule has 0 bridgehead atoms. The topological polar surface area (TPSA) is 98.5 Å². The first-order valence-corrected chi connectivity index (χ1v) is 8.36. The van der Waals surface area contributed by atoms with E-state index in [9.17, 15) is 4.79 Å². The van der Waals surface area contributed by atoms with Crippen LogP contribution >= 0.6 is 0 Å². The van der Waals surface area contributed by atoms with Gasteiger partial charge in [0.2, 0.25) is 0 Å². The summed E-state index contributed by atoms with van der Waals surface area (Å²) >= 11 is 0. The molecule has 2 fully saturated rings. The average molecular weight is 425 g/mol. The Morgan fingerprint density at radius 3 is 2.00 bits per heavy atom. The maximum absolute atomic E-state index is 12.7. The maximum atomic E-state index is 12.7. The van der Waals surface area contributed by atoms with Crippen LogP contribution in [0.1, 0.15) is 46.0 Å². The van der Waals surface area contributed by atoms with Gasteiger partial charge in [-0.2, -0.15) is 0 Å². The van der Waals surface area contributed by atoms with Crippen LogP contribution in [-0.4, -0.2) is 28.9 Å². The number of carbonyl (C=O) groups is 1. The molecule has 1 spiro atoms. The largest absolute Gasteiger partial charge is 0 e. The molecule has 1 aromatic rings. The SMILES string of the molecule is CC1(C)COC2(CCCCC2)N1C(=O)Oc1ccccc1.[C-]#[O+].[C-]#[O+].[C-]#[O+].[Cr]. The Bertz CT molecular complexity index is 621. The number of ether oxygens (including phenoxy) is 2. The Morgan fingerprint density at radius 1 is 1.00 bits per heavy atom. The number of hydrogen-bond acceptors (Lipinski definition) is 3. The standard InChI is InChI=1S/C17H23NO3.3CO.Cr/c1-16(2)13-20-17(11-7-4-8-12-17)18(16)15(19)21-14-9-5-3-6-10-14;3*1-2;/h3,5-6,9-10H,4,7-8,11-13H2,1-2H3;;;;. The van der Waals surface area contributed by atoms with Crippen molar-refractivity contribution >= 4 is 6.09 Å². The summed E-state index contributed by atoms with van der Waals surface area (Å²) in [6, 6.07) is 9.24. The van der Waals surface area contributed by atoms with Crippen molar-refractivity contribution in [1.82, 2.24) is 4.90 Å². The second kappa shape index (κ2) is 14.2. The molecule has 150 valence electrons. The summed E-state index contributed by atoms with van der Waals surface area (Å²) in [4.78, 5) is 14.6. The first-order valence-electron chi connectivity index (χ1n) is 8.36. The van der Waals surface area contributed by atoms with Crippen LogP contribution in [-0.2, 0) is 36.1 Å². The molecular formula is C20H23CrNO6. The third-order valence-electron chi connectivity index (χ3n) is 4.47. The van der Waals surface area contributed by atoms with Gasteiger partial charge in [0.25, 0.3) is 0 Å². The summed E-state index contributed by atoms with van der Waals surface area (Å²) in [5.41, 5.74) is -0.795. The van der Waals surface area contributed by atoms with E-state index in [0.717, 1.165) is 25.7 Å². The van der Waals surface area contributed by atoms with Gasteiger partial charge in [-0.3, -0.25) is 4.90 Å². The van der Waals surface area contributed by atoms with E-state index in [2.05, 4.69) is 20.0 Å². The van der Waals surface area contributed by atoms with Gasteiger partial charge in [-0.25, -0.2) is 4.79 Å². The summed E-state index contributed by atoms with van der Waals surface area (Å²) in [6.07, 6.45) is 4.93. The van der Waals surface area contributed by atoms with E-state index in [4.69, 9.17) is 23.4 Å². The predicted octanol–water partition coefficient (Wildman–Crippen LogP) is 3.84. The van der Waals surface area contributed by atoms with Crippen molar-refractivity contribution in [3.63, 3.8) is 0 Å². The van der Waals surface area contributed by atoms with Crippen molar-refractivity contribution in [3.8, 4) is 5.75 Å². The second-order valence-electron chi connectivity index (χ2n) is 6.62. The maximum Gasteiger partial charge on any atom is 0 e. The number of para-hydroxylation sites is 1. The fourth-order valence-corrected chi connectivity index (χ4v) is 3.51. The van der Waals surface area contributed by atoms with Crippen molar-refractivity contribution in [3.05, 3.63) is 50.3 Å². The first-order chi connectivity index (χ1) is 13.0. The van der Waals surface area contributed by atoms with Crippen molar-refractivity contribution in [2.75, 3.05) is 6.61 Å². The predicted molar refractivity (Wildman–Crippen MR) is 91.9 cm³/mol. The zero-order chi connectivity index (χ0) is 20.9. The molecule has 1 aliphatic heterocycles. The van der Waals surface area contributed by atoms with Gasteiger partial charge >= 0.3 is 40.0 Å². The van der Waals surface area contributed by atoms with Crippen molar-refractivity contribution in [1.29, 1.82) is 0 Å². The van der Waals surface area contributed by atoms with E-state index < -0.39 is 5.72 Å². The fourth-order valence-electron chi connectivity index (χ4n) is 3.51. The van der Waals surface area contributed by atoms with Gasteiger partial charge in [0.1, 0.15) is 11.5 Å². The first kappa shape index (κ1) is 28.4. The van der Waals surface area contributed by atoms with Crippen LogP contribution in [0, 0.1) is 20.0 Å². The van der Waals surface area contributed by atoms with Crippen molar-refractivity contribution in [2.45, 2.75) is 57.2 Å². The van der Waals surface area contributed by atoms with E-state index in [-0.39, 0.29) is 29.0 Å². The van der Waals surface area contributed by atoms with Gasteiger partial charge in [-0.05, 0) is 51.7 Å². The van der Waals surface area contributed by atoms with Crippen LogP contribution in [0.4, 0.5) is 4.79 Å². The third kappa shape index (κ3) is 6.98. The number of benzene rings is 1.